The Morgan fingerprint density at radius 1 is 0.932 bits per heavy atom. The van der Waals surface area contributed by atoms with Gasteiger partial charge in [0.15, 0.2) is 6.10 Å². The lowest BCUT2D eigenvalue weighted by Crippen LogP contribution is -3.00. The number of hydrogen-bond acceptors (Lipinski definition) is 6. The van der Waals surface area contributed by atoms with E-state index in [-0.39, 0.29) is 58.0 Å². The maximum absolute atomic E-state index is 13.2. The lowest BCUT2D eigenvalue weighted by Gasteiger charge is -2.62. The van der Waals surface area contributed by atoms with Gasteiger partial charge in [-0.2, -0.15) is 0 Å². The van der Waals surface area contributed by atoms with Gasteiger partial charge < -0.3 is 35.7 Å². The van der Waals surface area contributed by atoms with E-state index in [1.54, 1.807) is 6.92 Å². The Hall–Kier alpha value is -0.700. The van der Waals surface area contributed by atoms with Crippen molar-refractivity contribution in [2.24, 2.45) is 34.5 Å². The van der Waals surface area contributed by atoms with Crippen molar-refractivity contribution in [3.05, 3.63) is 0 Å². The van der Waals surface area contributed by atoms with Crippen molar-refractivity contribution in [1.29, 1.82) is 0 Å². The van der Waals surface area contributed by atoms with Crippen LogP contribution in [0.1, 0.15) is 112 Å². The van der Waals surface area contributed by atoms with Crippen LogP contribution in [0, 0.1) is 34.5 Å². The molecule has 0 N–H and O–H groups in total. The minimum atomic E-state index is -0.139. The molecule has 7 nitrogen and oxygen atoms in total. The standard InChI is InChI=1S/C36H61N2O5.BrH/c1-6-11-33(40)43-34-31(38(7-2)18-9-8-10-19-38)23-29-27-13-12-26-22-32(42-25(3)39)30(37-16-20-41-21-17-37)24-36(26,5)28(27)14-15-35(29,34)4;/h26-32,34H,6-24H2,1-5H3;1H/q+1;/p-1/t26-,27?,28?,29?,30-,31-,32-,34-,35-,36-;/m0./s1. The molecule has 2 heterocycles. The lowest BCUT2D eigenvalue weighted by atomic mass is 9.44. The van der Waals surface area contributed by atoms with E-state index in [4.69, 9.17) is 14.2 Å². The molecule has 3 unspecified atom stereocenters. The van der Waals surface area contributed by atoms with Gasteiger partial charge in [-0.15, -0.1) is 0 Å². The molecule has 2 saturated heterocycles. The van der Waals surface area contributed by atoms with Gasteiger partial charge in [-0.05, 0) is 100 Å². The summed E-state index contributed by atoms with van der Waals surface area (Å²) >= 11 is 0. The van der Waals surface area contributed by atoms with E-state index in [1.807, 2.05) is 0 Å². The third-order valence-corrected chi connectivity index (χ3v) is 14.2. The molecule has 4 saturated carbocycles. The summed E-state index contributed by atoms with van der Waals surface area (Å²) < 4.78 is 19.6. The molecule has 6 aliphatic rings. The zero-order valence-electron chi connectivity index (χ0n) is 28.4. The van der Waals surface area contributed by atoms with Gasteiger partial charge in [-0.1, -0.05) is 20.8 Å². The first-order valence-corrected chi connectivity index (χ1v) is 18.2. The van der Waals surface area contributed by atoms with Crippen LogP contribution < -0.4 is 17.0 Å². The number of halogens is 1. The second-order valence-electron chi connectivity index (χ2n) is 16.0. The second kappa shape index (κ2) is 13.8. The number of ether oxygens (including phenoxy) is 3. The first-order chi connectivity index (χ1) is 20.6. The molecule has 4 aliphatic carbocycles. The van der Waals surface area contributed by atoms with Gasteiger partial charge in [-0.3, -0.25) is 14.5 Å². The molecule has 6 rings (SSSR count). The van der Waals surface area contributed by atoms with Crippen molar-refractivity contribution >= 4 is 11.9 Å². The van der Waals surface area contributed by atoms with Crippen molar-refractivity contribution in [3.63, 3.8) is 0 Å². The van der Waals surface area contributed by atoms with Crippen LogP contribution in [0.15, 0.2) is 0 Å². The summed E-state index contributed by atoms with van der Waals surface area (Å²) in [5.41, 5.74) is 0.313. The van der Waals surface area contributed by atoms with Crippen LogP contribution in [0.25, 0.3) is 0 Å². The fourth-order valence-electron chi connectivity index (χ4n) is 12.0. The lowest BCUT2D eigenvalue weighted by molar-refractivity contribution is -0.956. The number of hydrogen-bond donors (Lipinski definition) is 0. The summed E-state index contributed by atoms with van der Waals surface area (Å²) in [6.07, 6.45) is 13.6. The molecule has 0 bridgehead atoms. The third-order valence-electron chi connectivity index (χ3n) is 14.2. The Bertz CT molecular complexity index is 1010. The molecule has 0 aromatic rings. The highest BCUT2D eigenvalue weighted by Crippen LogP contribution is 2.67. The number of piperidine rings is 1. The number of carbonyl (C=O) groups excluding carboxylic acids is 2. The summed E-state index contributed by atoms with van der Waals surface area (Å²) in [6, 6.07) is 0.716. The van der Waals surface area contributed by atoms with E-state index in [0.717, 1.165) is 56.6 Å². The maximum atomic E-state index is 13.2. The van der Waals surface area contributed by atoms with Gasteiger partial charge >= 0.3 is 11.9 Å². The second-order valence-corrected chi connectivity index (χ2v) is 16.0. The minimum Gasteiger partial charge on any atom is -1.00 e. The summed E-state index contributed by atoms with van der Waals surface area (Å²) in [6.45, 7) is 18.3. The third kappa shape index (κ3) is 6.05. The number of quaternary nitrogens is 1. The van der Waals surface area contributed by atoms with E-state index in [0.29, 0.717) is 36.1 Å². The fraction of sp³-hybridized carbons (Fsp3) is 0.944. The number of likely N-dealkylation sites (N-methyl/N-ethyl adjacent to an activating group) is 1. The normalized spacial score (nSPS) is 43.5. The minimum absolute atomic E-state index is 0. The molecule has 252 valence electrons. The quantitative estimate of drug-likeness (QED) is 0.305. The SMILES string of the molecule is CCCC(=O)O[C@H]1[C@@H]([N+]2(CC)CCCCC2)CC2C3CC[C@H]4C[C@H](OC(C)=O)[C@@H](N5CCOCC5)C[C@]4(C)C3CC[C@@]21C.[Br-]. The van der Waals surface area contributed by atoms with E-state index in [2.05, 4.69) is 32.6 Å². The van der Waals surface area contributed by atoms with Gasteiger partial charge in [0, 0.05) is 44.3 Å². The fourth-order valence-corrected chi connectivity index (χ4v) is 12.0. The summed E-state index contributed by atoms with van der Waals surface area (Å²) in [7, 11) is 0. The molecule has 0 amide bonds. The van der Waals surface area contributed by atoms with Crippen LogP contribution in [0.5, 0.6) is 0 Å². The number of esters is 2. The number of rotatable bonds is 7. The Morgan fingerprint density at radius 2 is 1.66 bits per heavy atom. The van der Waals surface area contributed by atoms with Crippen LogP contribution in [0.4, 0.5) is 0 Å². The Balaban J connectivity index is 0.00000384. The van der Waals surface area contributed by atoms with Crippen LogP contribution >= 0.6 is 0 Å². The van der Waals surface area contributed by atoms with Gasteiger partial charge in [-0.25, -0.2) is 0 Å². The van der Waals surface area contributed by atoms with Gasteiger partial charge in [0.25, 0.3) is 0 Å². The number of fused-ring (bicyclic) bond motifs is 5. The average Bonchev–Trinajstić information content (AvgIpc) is 3.30. The number of carbonyl (C=O) groups is 2. The topological polar surface area (TPSA) is 65.1 Å². The summed E-state index contributed by atoms with van der Waals surface area (Å²) in [5, 5.41) is 0. The van der Waals surface area contributed by atoms with E-state index < -0.39 is 0 Å². The van der Waals surface area contributed by atoms with Gasteiger partial charge in [0.05, 0.1) is 32.8 Å². The van der Waals surface area contributed by atoms with Gasteiger partial charge in [0.2, 0.25) is 0 Å². The highest BCUT2D eigenvalue weighted by Gasteiger charge is 2.67. The molecule has 0 radical (unpaired) electrons. The zero-order chi connectivity index (χ0) is 30.4. The number of morpholine rings is 1. The molecule has 8 heteroatoms. The number of likely N-dealkylation sites (tertiary alicyclic amines) is 1. The molecule has 44 heavy (non-hydrogen) atoms. The smallest absolute Gasteiger partial charge is 0.306 e. The Morgan fingerprint density at radius 3 is 2.32 bits per heavy atom. The molecular weight excluding hydrogens is 620 g/mol. The monoisotopic (exact) mass is 680 g/mol. The predicted molar refractivity (Wildman–Crippen MR) is 167 cm³/mol. The first kappa shape index (κ1) is 34.6. The molecule has 6 fully saturated rings. The summed E-state index contributed by atoms with van der Waals surface area (Å²) in [5.74, 6) is 2.49. The molecule has 0 aromatic carbocycles. The molecular formula is C36H61BrN2O5. The van der Waals surface area contributed by atoms with E-state index >= 15 is 0 Å². The molecule has 0 aromatic heterocycles. The molecule has 0 spiro atoms. The Kier molecular flexibility index (Phi) is 10.9. The van der Waals surface area contributed by atoms with Crippen molar-refractivity contribution in [3.8, 4) is 0 Å². The largest absolute Gasteiger partial charge is 1.00 e. The van der Waals surface area contributed by atoms with Crippen molar-refractivity contribution in [2.75, 3.05) is 45.9 Å². The summed E-state index contributed by atoms with van der Waals surface area (Å²) in [4.78, 5) is 28.0. The van der Waals surface area contributed by atoms with E-state index in [9.17, 15) is 9.59 Å². The zero-order valence-corrected chi connectivity index (χ0v) is 30.0. The van der Waals surface area contributed by atoms with Gasteiger partial charge in [0.1, 0.15) is 12.1 Å². The van der Waals surface area contributed by atoms with Crippen LogP contribution in [-0.2, 0) is 23.8 Å². The van der Waals surface area contributed by atoms with Crippen molar-refractivity contribution in [1.82, 2.24) is 4.90 Å². The van der Waals surface area contributed by atoms with E-state index in [1.165, 1.54) is 64.5 Å². The molecule has 10 atom stereocenters. The first-order valence-electron chi connectivity index (χ1n) is 18.2. The van der Waals surface area contributed by atoms with Crippen LogP contribution in [0.2, 0.25) is 0 Å². The maximum Gasteiger partial charge on any atom is 0.306 e. The van der Waals surface area contributed by atoms with Crippen LogP contribution in [0.3, 0.4) is 0 Å². The van der Waals surface area contributed by atoms with Crippen molar-refractivity contribution in [2.45, 2.75) is 136 Å². The molecule has 2 aliphatic heterocycles. The highest BCUT2D eigenvalue weighted by atomic mass is 79.9. The highest BCUT2D eigenvalue weighted by molar-refractivity contribution is 5.69. The predicted octanol–water partition coefficient (Wildman–Crippen LogP) is 2.99. The van der Waals surface area contributed by atoms with Crippen LogP contribution in [-0.4, -0.2) is 91.6 Å². The Labute approximate surface area is 277 Å². The van der Waals surface area contributed by atoms with Crippen molar-refractivity contribution < 1.29 is 45.3 Å². The average molecular weight is 682 g/mol. The number of nitrogens with zero attached hydrogens (tertiary/aromatic N) is 2.